The predicted octanol–water partition coefficient (Wildman–Crippen LogP) is 3.76. The van der Waals surface area contributed by atoms with Crippen LogP contribution in [0.5, 0.6) is 0 Å². The lowest BCUT2D eigenvalue weighted by molar-refractivity contribution is 0.0903. The number of benzene rings is 1. The third-order valence-corrected chi connectivity index (χ3v) is 4.59. The average molecular weight is 442 g/mol. The van der Waals surface area contributed by atoms with Gasteiger partial charge in [0.15, 0.2) is 5.76 Å². The first kappa shape index (κ1) is 17.4. The fraction of sp³-hybridized carbons (Fsp3) is 0.389. The summed E-state index contributed by atoms with van der Waals surface area (Å²) in [6.07, 6.45) is 3.26. The monoisotopic (exact) mass is 442 g/mol. The molecule has 2 unspecified atom stereocenters. The maximum absolute atomic E-state index is 13.7. The number of halogens is 2. The van der Waals surface area contributed by atoms with E-state index in [0.717, 1.165) is 12.8 Å². The first-order valence-corrected chi connectivity index (χ1v) is 10.2. The highest BCUT2D eigenvalue weighted by Crippen LogP contribution is 2.29. The van der Waals surface area contributed by atoms with Crippen molar-refractivity contribution in [3.8, 4) is 11.3 Å². The summed E-state index contributed by atoms with van der Waals surface area (Å²) >= 11 is 2.15. The summed E-state index contributed by atoms with van der Waals surface area (Å²) < 4.78 is 19.3. The molecule has 0 saturated carbocycles. The number of hydrogen-bond donors (Lipinski definition) is 2. The van der Waals surface area contributed by atoms with Crippen molar-refractivity contribution in [1.29, 1.82) is 0 Å². The molecule has 128 valence electrons. The fourth-order valence-corrected chi connectivity index (χ4v) is 3.49. The van der Waals surface area contributed by atoms with Crippen LogP contribution in [-0.4, -0.2) is 29.0 Å². The van der Waals surface area contributed by atoms with Gasteiger partial charge >= 0.3 is 0 Å². The lowest BCUT2D eigenvalue weighted by atomic mass is 9.95. The standard InChI is InChI=1S/C17H17FN2O2.CH3I/c18-12-4-2-1-3-11(12)15-7-8-16(22-15)17(21)20-14-9-10-5-6-13(14)19-10;1-2/h1-4,7-8,10,13-14,19H,5-6,9H2,(H,20,21);1H3/t10?,13?,14-;/m1./s1. The summed E-state index contributed by atoms with van der Waals surface area (Å²) in [4.78, 5) is 14.3. The average Bonchev–Trinajstić information content (AvgIpc) is 3.34. The van der Waals surface area contributed by atoms with Crippen LogP contribution in [0.25, 0.3) is 11.3 Å². The van der Waals surface area contributed by atoms with Gasteiger partial charge in [-0.1, -0.05) is 34.7 Å². The quantitative estimate of drug-likeness (QED) is 0.563. The fourth-order valence-electron chi connectivity index (χ4n) is 3.49. The minimum atomic E-state index is -0.360. The number of carbonyl (C=O) groups excluding carboxylic acids is 1. The SMILES string of the molecule is CI.O=C(N[C@@H]1CC2CCC1N2)c1ccc(-c2ccccc2F)o1. The van der Waals surface area contributed by atoms with Gasteiger partial charge in [0.05, 0.1) is 5.56 Å². The first-order valence-electron chi connectivity index (χ1n) is 8.00. The van der Waals surface area contributed by atoms with Gasteiger partial charge < -0.3 is 15.1 Å². The maximum Gasteiger partial charge on any atom is 0.287 e. The molecule has 2 aliphatic rings. The molecular weight excluding hydrogens is 422 g/mol. The number of rotatable bonds is 3. The molecule has 2 aromatic rings. The van der Waals surface area contributed by atoms with Crippen molar-refractivity contribution in [3.63, 3.8) is 0 Å². The van der Waals surface area contributed by atoms with E-state index >= 15 is 0 Å². The maximum atomic E-state index is 13.7. The van der Waals surface area contributed by atoms with Gasteiger partial charge in [0.1, 0.15) is 11.6 Å². The summed E-state index contributed by atoms with van der Waals surface area (Å²) in [6, 6.07) is 10.7. The minimum absolute atomic E-state index is 0.160. The van der Waals surface area contributed by atoms with E-state index in [4.69, 9.17) is 4.42 Å². The van der Waals surface area contributed by atoms with Crippen molar-refractivity contribution in [2.75, 3.05) is 4.93 Å². The molecule has 2 N–H and O–H groups in total. The molecule has 4 nitrogen and oxygen atoms in total. The minimum Gasteiger partial charge on any atom is -0.451 e. The van der Waals surface area contributed by atoms with E-state index in [1.807, 2.05) is 4.93 Å². The van der Waals surface area contributed by atoms with Crippen LogP contribution in [0, 0.1) is 5.82 Å². The van der Waals surface area contributed by atoms with Crippen molar-refractivity contribution in [3.05, 3.63) is 48.0 Å². The summed E-state index contributed by atoms with van der Waals surface area (Å²) in [5.74, 6) is -0.00149. The molecule has 2 aliphatic heterocycles. The highest BCUT2D eigenvalue weighted by Gasteiger charge is 2.39. The number of nitrogens with one attached hydrogen (secondary N) is 2. The Morgan fingerprint density at radius 2 is 2.04 bits per heavy atom. The van der Waals surface area contributed by atoms with Crippen molar-refractivity contribution >= 4 is 28.5 Å². The van der Waals surface area contributed by atoms with Crippen LogP contribution in [0.15, 0.2) is 40.8 Å². The van der Waals surface area contributed by atoms with Crippen LogP contribution < -0.4 is 10.6 Å². The van der Waals surface area contributed by atoms with Crippen molar-refractivity contribution < 1.29 is 13.6 Å². The highest BCUT2D eigenvalue weighted by atomic mass is 127. The van der Waals surface area contributed by atoms with Crippen LogP contribution >= 0.6 is 22.6 Å². The van der Waals surface area contributed by atoms with Crippen LogP contribution in [0.1, 0.15) is 29.8 Å². The summed E-state index contributed by atoms with van der Waals surface area (Å²) in [7, 11) is 0. The number of hydrogen-bond acceptors (Lipinski definition) is 3. The molecule has 1 aromatic carbocycles. The van der Waals surface area contributed by atoms with Crippen molar-refractivity contribution in [1.82, 2.24) is 10.6 Å². The number of amides is 1. The van der Waals surface area contributed by atoms with Gasteiger partial charge in [-0.2, -0.15) is 0 Å². The van der Waals surface area contributed by atoms with Gasteiger partial charge in [-0.05, 0) is 48.5 Å². The smallest absolute Gasteiger partial charge is 0.287 e. The molecule has 4 rings (SSSR count). The zero-order valence-corrected chi connectivity index (χ0v) is 15.5. The van der Waals surface area contributed by atoms with E-state index in [2.05, 4.69) is 33.2 Å². The summed E-state index contributed by atoms with van der Waals surface area (Å²) in [5.41, 5.74) is 0.364. The van der Waals surface area contributed by atoms with E-state index in [1.54, 1.807) is 30.3 Å². The Balaban J connectivity index is 0.000000815. The van der Waals surface area contributed by atoms with E-state index < -0.39 is 0 Å². The molecule has 0 aliphatic carbocycles. The second-order valence-electron chi connectivity index (χ2n) is 6.01. The topological polar surface area (TPSA) is 54.3 Å². The highest BCUT2D eigenvalue weighted by molar-refractivity contribution is 14.1. The zero-order chi connectivity index (χ0) is 17.1. The van der Waals surface area contributed by atoms with Crippen molar-refractivity contribution in [2.24, 2.45) is 0 Å². The van der Waals surface area contributed by atoms with Crippen molar-refractivity contribution in [2.45, 2.75) is 37.4 Å². The Labute approximate surface area is 154 Å². The second kappa shape index (κ2) is 7.65. The molecule has 3 heterocycles. The lowest BCUT2D eigenvalue weighted by Crippen LogP contribution is -2.42. The Bertz CT molecular complexity index is 719. The van der Waals surface area contributed by atoms with Gasteiger partial charge in [-0.15, -0.1) is 0 Å². The Morgan fingerprint density at radius 3 is 2.71 bits per heavy atom. The lowest BCUT2D eigenvalue weighted by Gasteiger charge is -2.20. The second-order valence-corrected chi connectivity index (χ2v) is 6.01. The van der Waals surface area contributed by atoms with Crippen LogP contribution in [0.3, 0.4) is 0 Å². The third kappa shape index (κ3) is 3.49. The van der Waals surface area contributed by atoms with E-state index in [0.29, 0.717) is 23.4 Å². The molecule has 0 radical (unpaired) electrons. The third-order valence-electron chi connectivity index (χ3n) is 4.59. The van der Waals surface area contributed by atoms with E-state index in [9.17, 15) is 9.18 Å². The molecule has 2 saturated heterocycles. The molecule has 0 spiro atoms. The predicted molar refractivity (Wildman–Crippen MR) is 99.9 cm³/mol. The van der Waals surface area contributed by atoms with Crippen LogP contribution in [0.4, 0.5) is 4.39 Å². The Kier molecular flexibility index (Phi) is 5.55. The number of fused-ring (bicyclic) bond motifs is 2. The number of furan rings is 1. The van der Waals surface area contributed by atoms with Gasteiger partial charge in [0, 0.05) is 18.1 Å². The number of alkyl halides is 1. The molecule has 1 aromatic heterocycles. The van der Waals surface area contributed by atoms with E-state index in [1.165, 1.54) is 12.5 Å². The molecule has 2 bridgehead atoms. The Morgan fingerprint density at radius 1 is 1.25 bits per heavy atom. The van der Waals surface area contributed by atoms with E-state index in [-0.39, 0.29) is 23.5 Å². The van der Waals surface area contributed by atoms with Gasteiger partial charge in [0.25, 0.3) is 5.91 Å². The molecule has 2 fully saturated rings. The molecule has 1 amide bonds. The number of carbonyl (C=O) groups is 1. The first-order chi connectivity index (χ1) is 11.7. The van der Waals surface area contributed by atoms with Gasteiger partial charge in [-0.3, -0.25) is 4.79 Å². The normalized spacial score (nSPS) is 24.4. The molecule has 6 heteroatoms. The molecular formula is C18H20FIN2O2. The summed E-state index contributed by atoms with van der Waals surface area (Å²) in [6.45, 7) is 0. The van der Waals surface area contributed by atoms with Crippen LogP contribution in [-0.2, 0) is 0 Å². The van der Waals surface area contributed by atoms with Gasteiger partial charge in [-0.25, -0.2) is 4.39 Å². The van der Waals surface area contributed by atoms with Crippen LogP contribution in [0.2, 0.25) is 0 Å². The molecule has 3 atom stereocenters. The largest absolute Gasteiger partial charge is 0.451 e. The Hall–Kier alpha value is -1.41. The summed E-state index contributed by atoms with van der Waals surface area (Å²) in [5, 5.41) is 6.50. The van der Waals surface area contributed by atoms with Gasteiger partial charge in [0.2, 0.25) is 0 Å². The zero-order valence-electron chi connectivity index (χ0n) is 13.4. The molecule has 24 heavy (non-hydrogen) atoms.